The smallest absolute Gasteiger partial charge is 0.116 e. The second-order valence-electron chi connectivity index (χ2n) is 5.50. The third-order valence-electron chi connectivity index (χ3n) is 3.69. The molecule has 3 aromatic rings. The first-order valence-electron chi connectivity index (χ1n) is 7.10. The van der Waals surface area contributed by atoms with E-state index in [2.05, 4.69) is 68.4 Å². The third kappa shape index (κ3) is 2.97. The van der Waals surface area contributed by atoms with Crippen molar-refractivity contribution in [1.82, 2.24) is 0 Å². The zero-order chi connectivity index (χ0) is 14.8. The first kappa shape index (κ1) is 13.4. The Kier molecular flexibility index (Phi) is 3.49. The fraction of sp³-hybridized carbons (Fsp3) is 0.100. The van der Waals surface area contributed by atoms with Gasteiger partial charge in [0.1, 0.15) is 5.75 Å². The van der Waals surface area contributed by atoms with E-state index in [4.69, 9.17) is 0 Å². The van der Waals surface area contributed by atoms with Gasteiger partial charge in [0.25, 0.3) is 0 Å². The first-order chi connectivity index (χ1) is 10.1. The lowest BCUT2D eigenvalue weighted by atomic mass is 9.97. The highest BCUT2D eigenvalue weighted by Gasteiger charge is 2.05. The van der Waals surface area contributed by atoms with E-state index < -0.39 is 0 Å². The molecule has 0 heterocycles. The Morgan fingerprint density at radius 2 is 0.905 bits per heavy atom. The Bertz CT molecular complexity index is 689. The Labute approximate surface area is 125 Å². The van der Waals surface area contributed by atoms with Crippen LogP contribution in [0.15, 0.2) is 66.7 Å². The van der Waals surface area contributed by atoms with Crippen LogP contribution < -0.4 is 0 Å². The van der Waals surface area contributed by atoms with Crippen LogP contribution in [0.3, 0.4) is 0 Å². The van der Waals surface area contributed by atoms with Crippen molar-refractivity contribution in [3.05, 3.63) is 77.9 Å². The summed E-state index contributed by atoms with van der Waals surface area (Å²) in [5, 5.41) is 10.0. The van der Waals surface area contributed by atoms with Gasteiger partial charge in [0.2, 0.25) is 0 Å². The molecule has 104 valence electrons. The third-order valence-corrected chi connectivity index (χ3v) is 3.69. The maximum atomic E-state index is 10.0. The second-order valence-corrected chi connectivity index (χ2v) is 5.50. The highest BCUT2D eigenvalue weighted by Crippen LogP contribution is 2.31. The van der Waals surface area contributed by atoms with Gasteiger partial charge in [-0.2, -0.15) is 0 Å². The maximum absolute atomic E-state index is 10.0. The van der Waals surface area contributed by atoms with Crippen LogP contribution in [0.1, 0.15) is 11.1 Å². The summed E-state index contributed by atoms with van der Waals surface area (Å²) in [4.78, 5) is 0. The largest absolute Gasteiger partial charge is 0.508 e. The van der Waals surface area contributed by atoms with Crippen molar-refractivity contribution in [2.24, 2.45) is 0 Å². The lowest BCUT2D eigenvalue weighted by Gasteiger charge is -2.08. The van der Waals surface area contributed by atoms with Gasteiger partial charge in [-0.3, -0.25) is 0 Å². The van der Waals surface area contributed by atoms with Gasteiger partial charge in [0.05, 0.1) is 0 Å². The number of hydrogen-bond donors (Lipinski definition) is 1. The van der Waals surface area contributed by atoms with Crippen LogP contribution in [-0.4, -0.2) is 5.11 Å². The van der Waals surface area contributed by atoms with Gasteiger partial charge in [-0.05, 0) is 54.3 Å². The molecular formula is C20H18O. The van der Waals surface area contributed by atoms with Crippen molar-refractivity contribution in [3.8, 4) is 28.0 Å². The molecule has 1 heteroatoms. The Morgan fingerprint density at radius 3 is 1.29 bits per heavy atom. The molecule has 0 aromatic heterocycles. The van der Waals surface area contributed by atoms with Crippen molar-refractivity contribution in [1.29, 1.82) is 0 Å². The number of benzene rings is 3. The van der Waals surface area contributed by atoms with E-state index in [0.29, 0.717) is 5.75 Å². The molecule has 1 nitrogen and oxygen atoms in total. The molecular weight excluding hydrogens is 256 g/mol. The number of phenols is 1. The summed E-state index contributed by atoms with van der Waals surface area (Å²) in [6, 6.07) is 22.4. The molecule has 0 amide bonds. The normalized spacial score (nSPS) is 10.6. The SMILES string of the molecule is Cc1ccc(-c2cc(O)cc(-c3ccc(C)cc3)c2)cc1. The van der Waals surface area contributed by atoms with Crippen LogP contribution in [0, 0.1) is 13.8 Å². The average Bonchev–Trinajstić information content (AvgIpc) is 2.48. The first-order valence-corrected chi connectivity index (χ1v) is 7.10. The minimum absolute atomic E-state index is 0.295. The van der Waals surface area contributed by atoms with E-state index in [1.165, 1.54) is 11.1 Å². The Hall–Kier alpha value is -2.54. The number of phenolic OH excluding ortho intramolecular Hbond substituents is 1. The monoisotopic (exact) mass is 274 g/mol. The van der Waals surface area contributed by atoms with Crippen LogP contribution >= 0.6 is 0 Å². The Balaban J connectivity index is 2.07. The lowest BCUT2D eigenvalue weighted by Crippen LogP contribution is -1.83. The van der Waals surface area contributed by atoms with Crippen LogP contribution in [0.2, 0.25) is 0 Å². The number of hydrogen-bond acceptors (Lipinski definition) is 1. The molecule has 1 N–H and O–H groups in total. The zero-order valence-electron chi connectivity index (χ0n) is 12.3. The molecule has 0 atom stereocenters. The highest BCUT2D eigenvalue weighted by atomic mass is 16.3. The molecule has 0 saturated heterocycles. The van der Waals surface area contributed by atoms with E-state index in [0.717, 1.165) is 22.3 Å². The van der Waals surface area contributed by atoms with Gasteiger partial charge in [0, 0.05) is 0 Å². The summed E-state index contributed by atoms with van der Waals surface area (Å²) >= 11 is 0. The molecule has 0 bridgehead atoms. The van der Waals surface area contributed by atoms with Crippen LogP contribution in [-0.2, 0) is 0 Å². The average molecular weight is 274 g/mol. The second kappa shape index (κ2) is 5.45. The van der Waals surface area contributed by atoms with Gasteiger partial charge < -0.3 is 5.11 Å². The standard InChI is InChI=1S/C20H18O/c1-14-3-7-16(8-4-14)18-11-19(13-20(21)12-18)17-9-5-15(2)6-10-17/h3-13,21H,1-2H3. The predicted octanol–water partition coefficient (Wildman–Crippen LogP) is 5.34. The van der Waals surface area contributed by atoms with Crippen LogP contribution in [0.4, 0.5) is 0 Å². The lowest BCUT2D eigenvalue weighted by molar-refractivity contribution is 0.476. The summed E-state index contributed by atoms with van der Waals surface area (Å²) in [5.41, 5.74) is 6.76. The molecule has 21 heavy (non-hydrogen) atoms. The van der Waals surface area contributed by atoms with Gasteiger partial charge in [-0.1, -0.05) is 59.7 Å². The molecule has 0 saturated carbocycles. The fourth-order valence-corrected chi connectivity index (χ4v) is 2.44. The van der Waals surface area contributed by atoms with Gasteiger partial charge in [-0.25, -0.2) is 0 Å². The van der Waals surface area contributed by atoms with Crippen molar-refractivity contribution in [3.63, 3.8) is 0 Å². The molecule has 0 fully saturated rings. The van der Waals surface area contributed by atoms with E-state index in [9.17, 15) is 5.11 Å². The number of aryl methyl sites for hydroxylation is 2. The van der Waals surface area contributed by atoms with Gasteiger partial charge >= 0.3 is 0 Å². The van der Waals surface area contributed by atoms with Gasteiger partial charge in [-0.15, -0.1) is 0 Å². The van der Waals surface area contributed by atoms with Crippen molar-refractivity contribution < 1.29 is 5.11 Å². The summed E-state index contributed by atoms with van der Waals surface area (Å²) in [6.45, 7) is 4.15. The fourth-order valence-electron chi connectivity index (χ4n) is 2.44. The van der Waals surface area contributed by atoms with E-state index in [1.807, 2.05) is 12.1 Å². The minimum Gasteiger partial charge on any atom is -0.508 e. The Morgan fingerprint density at radius 1 is 0.524 bits per heavy atom. The van der Waals surface area contributed by atoms with E-state index in [1.54, 1.807) is 0 Å². The minimum atomic E-state index is 0.295. The highest BCUT2D eigenvalue weighted by molar-refractivity contribution is 5.75. The molecule has 0 aliphatic carbocycles. The maximum Gasteiger partial charge on any atom is 0.116 e. The number of rotatable bonds is 2. The quantitative estimate of drug-likeness (QED) is 0.668. The van der Waals surface area contributed by atoms with Crippen molar-refractivity contribution >= 4 is 0 Å². The number of aromatic hydroxyl groups is 1. The summed E-state index contributed by atoms with van der Waals surface area (Å²) in [6.07, 6.45) is 0. The van der Waals surface area contributed by atoms with Crippen LogP contribution in [0.5, 0.6) is 5.75 Å². The molecule has 0 aliphatic rings. The molecule has 3 rings (SSSR count). The summed E-state index contributed by atoms with van der Waals surface area (Å²) in [7, 11) is 0. The van der Waals surface area contributed by atoms with Gasteiger partial charge in [0.15, 0.2) is 0 Å². The predicted molar refractivity (Wildman–Crippen MR) is 88.5 cm³/mol. The molecule has 0 spiro atoms. The topological polar surface area (TPSA) is 20.2 Å². The zero-order valence-corrected chi connectivity index (χ0v) is 12.3. The molecule has 0 aliphatic heterocycles. The molecule has 0 radical (unpaired) electrons. The van der Waals surface area contributed by atoms with E-state index >= 15 is 0 Å². The van der Waals surface area contributed by atoms with Crippen LogP contribution in [0.25, 0.3) is 22.3 Å². The van der Waals surface area contributed by atoms with E-state index in [-0.39, 0.29) is 0 Å². The van der Waals surface area contributed by atoms with Crippen molar-refractivity contribution in [2.75, 3.05) is 0 Å². The van der Waals surface area contributed by atoms with Crippen molar-refractivity contribution in [2.45, 2.75) is 13.8 Å². The molecule has 3 aromatic carbocycles. The summed E-state index contributed by atoms with van der Waals surface area (Å²) < 4.78 is 0. The molecule has 0 unspecified atom stereocenters. The summed E-state index contributed by atoms with van der Waals surface area (Å²) in [5.74, 6) is 0.295.